The second-order valence-electron chi connectivity index (χ2n) is 6.31. The number of amides is 1. The highest BCUT2D eigenvalue weighted by molar-refractivity contribution is 6.43. The third-order valence-electron chi connectivity index (χ3n) is 4.09. The fourth-order valence-electron chi connectivity index (χ4n) is 2.72. The number of carbonyl (C=O) groups is 1. The Balaban J connectivity index is 1.72. The van der Waals surface area contributed by atoms with E-state index in [1.165, 1.54) is 23.1 Å². The van der Waals surface area contributed by atoms with Crippen LogP contribution in [0.25, 0.3) is 0 Å². The number of nitrogens with one attached hydrogen (secondary N) is 1. The van der Waals surface area contributed by atoms with E-state index in [9.17, 15) is 13.6 Å². The highest BCUT2D eigenvalue weighted by Gasteiger charge is 2.20. The number of anilines is 2. The molecule has 1 aromatic carbocycles. The third-order valence-corrected chi connectivity index (χ3v) is 4.93. The molecule has 0 bridgehead atoms. The number of hydrogen-bond acceptors (Lipinski definition) is 4. The lowest BCUT2D eigenvalue weighted by Crippen LogP contribution is -2.15. The van der Waals surface area contributed by atoms with Gasteiger partial charge in [-0.1, -0.05) is 36.2 Å². The summed E-state index contributed by atoms with van der Waals surface area (Å²) in [6, 6.07) is 5.55. The van der Waals surface area contributed by atoms with Gasteiger partial charge < -0.3 is 15.5 Å². The van der Waals surface area contributed by atoms with Gasteiger partial charge in [0, 0.05) is 6.54 Å². The summed E-state index contributed by atoms with van der Waals surface area (Å²) in [5.74, 6) is -2.47. The minimum Gasteiger partial charge on any atom is -0.459 e. The quantitative estimate of drug-likeness (QED) is 0.553. The summed E-state index contributed by atoms with van der Waals surface area (Å²) in [5.41, 5.74) is 5.90. The molecule has 148 valence electrons. The highest BCUT2D eigenvalue weighted by Crippen LogP contribution is 2.31. The van der Waals surface area contributed by atoms with Crippen molar-refractivity contribution in [3.05, 3.63) is 63.7 Å². The maximum atomic E-state index is 13.6. The summed E-state index contributed by atoms with van der Waals surface area (Å²) in [4.78, 5) is 12.1. The predicted molar refractivity (Wildman–Crippen MR) is 103 cm³/mol. The van der Waals surface area contributed by atoms with Gasteiger partial charge in [0.15, 0.2) is 23.2 Å². The topological polar surface area (TPSA) is 86.1 Å². The van der Waals surface area contributed by atoms with Crippen molar-refractivity contribution in [2.75, 3.05) is 11.1 Å². The fourth-order valence-corrected chi connectivity index (χ4v) is 3.10. The van der Waals surface area contributed by atoms with Crippen molar-refractivity contribution in [1.82, 2.24) is 9.78 Å². The summed E-state index contributed by atoms with van der Waals surface area (Å²) in [7, 11) is 0. The van der Waals surface area contributed by atoms with Crippen LogP contribution in [0.4, 0.5) is 20.3 Å². The standard InChI is InChI=1S/C18H16Cl2F2N4O2/c1-9(7-10-4-5-11(21)14(22)15(10)23)8-26-16(20)13(19)17(25-26)24-18(27)12-3-2-6-28-12/h2-6,9H,7-8,23H2,1H3,(H,24,25,27)/t9-/m0/s1. The van der Waals surface area contributed by atoms with Gasteiger partial charge in [-0.15, -0.1) is 0 Å². The number of halogens is 4. The molecule has 1 atom stereocenters. The van der Waals surface area contributed by atoms with Crippen LogP contribution in [-0.4, -0.2) is 15.7 Å². The molecule has 0 aliphatic carbocycles. The molecule has 2 aromatic heterocycles. The molecule has 0 aliphatic heterocycles. The first-order chi connectivity index (χ1) is 13.3. The molecule has 0 aliphatic rings. The van der Waals surface area contributed by atoms with Crippen molar-refractivity contribution < 1.29 is 18.0 Å². The monoisotopic (exact) mass is 428 g/mol. The SMILES string of the molecule is C[C@@H](Cc1ccc(F)c(F)c1N)Cn1nc(NC(=O)c2ccco2)c(Cl)c1Cl. The average molecular weight is 429 g/mol. The maximum absolute atomic E-state index is 13.6. The molecule has 0 spiro atoms. The van der Waals surface area contributed by atoms with Gasteiger partial charge in [-0.3, -0.25) is 9.48 Å². The van der Waals surface area contributed by atoms with E-state index >= 15 is 0 Å². The highest BCUT2D eigenvalue weighted by atomic mass is 35.5. The molecule has 0 unspecified atom stereocenters. The lowest BCUT2D eigenvalue weighted by molar-refractivity contribution is 0.0996. The number of carbonyl (C=O) groups excluding carboxylic acids is 1. The van der Waals surface area contributed by atoms with Gasteiger partial charge in [0.25, 0.3) is 5.91 Å². The fraction of sp³-hybridized carbons (Fsp3) is 0.222. The zero-order valence-electron chi connectivity index (χ0n) is 14.7. The van der Waals surface area contributed by atoms with Gasteiger partial charge in [-0.05, 0) is 36.1 Å². The second-order valence-corrected chi connectivity index (χ2v) is 7.05. The molecule has 1 amide bonds. The van der Waals surface area contributed by atoms with E-state index in [1.807, 2.05) is 6.92 Å². The van der Waals surface area contributed by atoms with Gasteiger partial charge in [-0.2, -0.15) is 5.10 Å². The van der Waals surface area contributed by atoms with Crippen LogP contribution in [0.15, 0.2) is 34.9 Å². The Morgan fingerprint density at radius 2 is 2.11 bits per heavy atom. The molecule has 3 aromatic rings. The Hall–Kier alpha value is -2.58. The minimum absolute atomic E-state index is 0.0844. The molecule has 3 N–H and O–H groups in total. The van der Waals surface area contributed by atoms with Gasteiger partial charge in [0.05, 0.1) is 12.0 Å². The summed E-state index contributed by atoms with van der Waals surface area (Å²) >= 11 is 12.4. The van der Waals surface area contributed by atoms with E-state index in [0.29, 0.717) is 18.5 Å². The molecule has 3 rings (SSSR count). The Morgan fingerprint density at radius 1 is 1.36 bits per heavy atom. The smallest absolute Gasteiger partial charge is 0.292 e. The van der Waals surface area contributed by atoms with E-state index in [0.717, 1.165) is 6.07 Å². The largest absolute Gasteiger partial charge is 0.459 e. The number of nitrogens with two attached hydrogens (primary N) is 1. The summed E-state index contributed by atoms with van der Waals surface area (Å²) < 4.78 is 33.3. The zero-order valence-corrected chi connectivity index (χ0v) is 16.2. The summed E-state index contributed by atoms with van der Waals surface area (Å²) in [5, 5.41) is 6.96. The number of rotatable bonds is 6. The van der Waals surface area contributed by atoms with E-state index in [-0.39, 0.29) is 33.4 Å². The van der Waals surface area contributed by atoms with E-state index < -0.39 is 17.5 Å². The van der Waals surface area contributed by atoms with Crippen molar-refractivity contribution >= 4 is 40.6 Å². The Bertz CT molecular complexity index is 1010. The summed E-state index contributed by atoms with van der Waals surface area (Å²) in [6.45, 7) is 2.18. The van der Waals surface area contributed by atoms with Crippen LogP contribution in [0.1, 0.15) is 23.0 Å². The molecule has 0 radical (unpaired) electrons. The third kappa shape index (κ3) is 4.13. The average Bonchev–Trinajstić information content (AvgIpc) is 3.28. The number of benzene rings is 1. The lowest BCUT2D eigenvalue weighted by atomic mass is 9.99. The number of furan rings is 1. The van der Waals surface area contributed by atoms with Crippen LogP contribution >= 0.6 is 23.2 Å². The first kappa shape index (κ1) is 20.2. The van der Waals surface area contributed by atoms with Gasteiger partial charge in [0.2, 0.25) is 0 Å². The number of nitrogen functional groups attached to an aromatic ring is 1. The van der Waals surface area contributed by atoms with Crippen molar-refractivity contribution in [1.29, 1.82) is 0 Å². The maximum Gasteiger partial charge on any atom is 0.292 e. The van der Waals surface area contributed by atoms with Crippen LogP contribution < -0.4 is 11.1 Å². The molecule has 0 saturated heterocycles. The molecular weight excluding hydrogens is 413 g/mol. The molecule has 0 saturated carbocycles. The molecular formula is C18H16Cl2F2N4O2. The van der Waals surface area contributed by atoms with E-state index in [1.54, 1.807) is 6.07 Å². The van der Waals surface area contributed by atoms with E-state index in [4.69, 9.17) is 33.4 Å². The molecule has 28 heavy (non-hydrogen) atoms. The normalized spacial score (nSPS) is 12.2. The molecule has 6 nitrogen and oxygen atoms in total. The number of aromatic nitrogens is 2. The first-order valence-electron chi connectivity index (χ1n) is 8.27. The second kappa shape index (κ2) is 8.20. The van der Waals surface area contributed by atoms with Crippen molar-refractivity contribution in [2.24, 2.45) is 5.92 Å². The van der Waals surface area contributed by atoms with E-state index in [2.05, 4.69) is 10.4 Å². The number of nitrogens with zero attached hydrogens (tertiary/aromatic N) is 2. The van der Waals surface area contributed by atoms with Crippen LogP contribution in [-0.2, 0) is 13.0 Å². The van der Waals surface area contributed by atoms with Crippen LogP contribution in [0.3, 0.4) is 0 Å². The van der Waals surface area contributed by atoms with Crippen molar-refractivity contribution in [3.63, 3.8) is 0 Å². The molecule has 0 fully saturated rings. The predicted octanol–water partition coefficient (Wildman–Crippen LogP) is 4.77. The van der Waals surface area contributed by atoms with Crippen LogP contribution in [0.5, 0.6) is 0 Å². The van der Waals surface area contributed by atoms with Crippen LogP contribution in [0.2, 0.25) is 10.2 Å². The van der Waals surface area contributed by atoms with Crippen molar-refractivity contribution in [3.8, 4) is 0 Å². The zero-order chi connectivity index (χ0) is 20.4. The van der Waals surface area contributed by atoms with Gasteiger partial charge in [0.1, 0.15) is 10.2 Å². The number of hydrogen-bond donors (Lipinski definition) is 2. The Morgan fingerprint density at radius 3 is 2.79 bits per heavy atom. The Labute approximate surface area is 169 Å². The lowest BCUT2D eigenvalue weighted by Gasteiger charge is -2.14. The van der Waals surface area contributed by atoms with Gasteiger partial charge >= 0.3 is 0 Å². The molecule has 10 heteroatoms. The first-order valence-corrected chi connectivity index (χ1v) is 9.02. The minimum atomic E-state index is -1.06. The summed E-state index contributed by atoms with van der Waals surface area (Å²) in [6.07, 6.45) is 1.73. The van der Waals surface area contributed by atoms with Crippen LogP contribution in [0, 0.1) is 17.6 Å². The Kier molecular flexibility index (Phi) is 5.90. The van der Waals surface area contributed by atoms with Gasteiger partial charge in [-0.25, -0.2) is 8.78 Å². The molecule has 2 heterocycles. The van der Waals surface area contributed by atoms with Crippen molar-refractivity contribution in [2.45, 2.75) is 19.9 Å².